The van der Waals surface area contributed by atoms with Crippen molar-refractivity contribution < 1.29 is 0 Å². The maximum Gasteiger partial charge on any atom is 0.0159 e. The van der Waals surface area contributed by atoms with Crippen molar-refractivity contribution in [3.63, 3.8) is 0 Å². The van der Waals surface area contributed by atoms with Gasteiger partial charge in [-0.25, -0.2) is 0 Å². The fourth-order valence-electron chi connectivity index (χ4n) is 13.2. The third-order valence-electron chi connectivity index (χ3n) is 17.3. The molecule has 0 heterocycles. The van der Waals surface area contributed by atoms with Crippen molar-refractivity contribution in [1.29, 1.82) is 0 Å². The van der Waals surface area contributed by atoms with Gasteiger partial charge in [-0.05, 0) is 179 Å². The minimum absolute atomic E-state index is 0.148. The molecule has 348 valence electrons. The van der Waals surface area contributed by atoms with E-state index in [1.807, 2.05) is 0 Å². The van der Waals surface area contributed by atoms with Crippen LogP contribution in [0.2, 0.25) is 0 Å². The lowest BCUT2D eigenvalue weighted by atomic mass is 9.79. The van der Waals surface area contributed by atoms with Gasteiger partial charge in [0.05, 0.1) is 0 Å². The van der Waals surface area contributed by atoms with Crippen LogP contribution in [0.1, 0.15) is 49.9 Å². The van der Waals surface area contributed by atoms with Crippen molar-refractivity contribution in [2.75, 3.05) is 0 Å². The van der Waals surface area contributed by atoms with Crippen molar-refractivity contribution in [1.82, 2.24) is 0 Å². The summed E-state index contributed by atoms with van der Waals surface area (Å²) < 4.78 is 0. The average Bonchev–Trinajstić information content (AvgIpc) is 3.82. The first-order valence-corrected chi connectivity index (χ1v) is 26.2. The molecule has 0 heteroatoms. The number of benzene rings is 13. The van der Waals surface area contributed by atoms with E-state index in [-0.39, 0.29) is 10.8 Å². The van der Waals surface area contributed by atoms with Crippen LogP contribution < -0.4 is 0 Å². The molecular weight excluding hydrogens is 889 g/mol. The monoisotopic (exact) mass is 940 g/mol. The van der Waals surface area contributed by atoms with Crippen LogP contribution in [0.25, 0.3) is 132 Å². The Labute approximate surface area is 433 Å². The molecule has 0 aromatic heterocycles. The summed E-state index contributed by atoms with van der Waals surface area (Å²) in [5, 5.41) is 10.5. The van der Waals surface area contributed by atoms with Crippen LogP contribution in [0.15, 0.2) is 243 Å². The first kappa shape index (κ1) is 42.8. The fourth-order valence-corrected chi connectivity index (χ4v) is 13.2. The largest absolute Gasteiger partial charge is 0.0616 e. The van der Waals surface area contributed by atoms with Crippen molar-refractivity contribution in [2.45, 2.75) is 38.5 Å². The van der Waals surface area contributed by atoms with Gasteiger partial charge in [0.25, 0.3) is 0 Å². The molecular formula is C74H52. The molecule has 0 spiro atoms. The SMILES string of the molecule is CC1(C)c2cc(-c3ccc(-c4ccc(-c5cccc6ccccc56)cc4)cc3)ccc2-c2ccc(-c3ccc4c(c3)C(C)(C)c3cc(-c5ccc(-c6ccc7ccc8cccc9ccc6c7c89)cc5)ccc3-4)cc21. The van der Waals surface area contributed by atoms with Gasteiger partial charge in [0, 0.05) is 10.8 Å². The smallest absolute Gasteiger partial charge is 0.0159 e. The Balaban J connectivity index is 0.682. The highest BCUT2D eigenvalue weighted by Gasteiger charge is 2.38. The highest BCUT2D eigenvalue weighted by Crippen LogP contribution is 2.53. The summed E-state index contributed by atoms with van der Waals surface area (Å²) in [6, 6.07) is 91.4. The molecule has 74 heavy (non-hydrogen) atoms. The lowest BCUT2D eigenvalue weighted by Crippen LogP contribution is -2.15. The molecule has 0 N–H and O–H groups in total. The summed E-state index contributed by atoms with van der Waals surface area (Å²) in [6.07, 6.45) is 0. The molecule has 0 saturated carbocycles. The first-order valence-electron chi connectivity index (χ1n) is 26.2. The van der Waals surface area contributed by atoms with Gasteiger partial charge in [-0.15, -0.1) is 0 Å². The zero-order chi connectivity index (χ0) is 49.5. The van der Waals surface area contributed by atoms with Crippen LogP contribution in [-0.2, 0) is 10.8 Å². The molecule has 0 atom stereocenters. The summed E-state index contributed by atoms with van der Waals surface area (Å²) in [5.74, 6) is 0. The van der Waals surface area contributed by atoms with E-state index in [0.717, 1.165) is 0 Å². The number of hydrogen-bond acceptors (Lipinski definition) is 0. The third-order valence-corrected chi connectivity index (χ3v) is 17.3. The van der Waals surface area contributed by atoms with Gasteiger partial charge < -0.3 is 0 Å². The summed E-state index contributed by atoms with van der Waals surface area (Å²) in [7, 11) is 0. The molecule has 13 aromatic rings. The van der Waals surface area contributed by atoms with Crippen LogP contribution >= 0.6 is 0 Å². The molecule has 2 aliphatic carbocycles. The van der Waals surface area contributed by atoms with Crippen LogP contribution in [0.5, 0.6) is 0 Å². The topological polar surface area (TPSA) is 0 Å². The van der Waals surface area contributed by atoms with Crippen LogP contribution in [-0.4, -0.2) is 0 Å². The Morgan fingerprint density at radius 1 is 0.203 bits per heavy atom. The molecule has 0 amide bonds. The van der Waals surface area contributed by atoms with E-state index in [2.05, 4.69) is 270 Å². The molecule has 0 radical (unpaired) electrons. The fraction of sp³-hybridized carbons (Fsp3) is 0.0811. The predicted molar refractivity (Wildman–Crippen MR) is 315 cm³/mol. The van der Waals surface area contributed by atoms with E-state index in [0.29, 0.717) is 0 Å². The Morgan fingerprint density at radius 3 is 1.00 bits per heavy atom. The lowest BCUT2D eigenvalue weighted by molar-refractivity contribution is 0.660. The molecule has 0 bridgehead atoms. The number of rotatable bonds is 6. The van der Waals surface area contributed by atoms with E-state index >= 15 is 0 Å². The Bertz CT molecular complexity index is 4410. The highest BCUT2D eigenvalue weighted by molar-refractivity contribution is 6.25. The lowest BCUT2D eigenvalue weighted by Gasteiger charge is -2.24. The van der Waals surface area contributed by atoms with E-state index < -0.39 is 0 Å². The molecule has 0 nitrogen and oxygen atoms in total. The van der Waals surface area contributed by atoms with Crippen molar-refractivity contribution in [3.05, 3.63) is 265 Å². The van der Waals surface area contributed by atoms with E-state index in [1.54, 1.807) is 0 Å². The highest BCUT2D eigenvalue weighted by atomic mass is 14.4. The van der Waals surface area contributed by atoms with Crippen molar-refractivity contribution in [3.8, 4) is 89.0 Å². The van der Waals surface area contributed by atoms with Crippen molar-refractivity contribution in [2.24, 2.45) is 0 Å². The van der Waals surface area contributed by atoms with Crippen molar-refractivity contribution >= 4 is 43.1 Å². The Hall–Kier alpha value is -8.84. The molecule has 0 saturated heterocycles. The maximum atomic E-state index is 2.47. The molecule has 0 aliphatic heterocycles. The molecule has 0 unspecified atom stereocenters. The Kier molecular flexibility index (Phi) is 9.16. The molecule has 0 fully saturated rings. The average molecular weight is 941 g/mol. The maximum absolute atomic E-state index is 2.47. The van der Waals surface area contributed by atoms with E-state index in [1.165, 1.54) is 154 Å². The summed E-state index contributed by atoms with van der Waals surface area (Å²) in [6.45, 7) is 9.61. The normalized spacial score (nSPS) is 13.9. The second kappa shape index (κ2) is 15.8. The number of hydrogen-bond donors (Lipinski definition) is 0. The van der Waals surface area contributed by atoms with Crippen LogP contribution in [0, 0.1) is 0 Å². The Morgan fingerprint density at radius 2 is 0.514 bits per heavy atom. The molecule has 2 aliphatic rings. The van der Waals surface area contributed by atoms with E-state index in [9.17, 15) is 0 Å². The zero-order valence-corrected chi connectivity index (χ0v) is 42.1. The van der Waals surface area contributed by atoms with Gasteiger partial charge in [-0.1, -0.05) is 246 Å². The minimum Gasteiger partial charge on any atom is -0.0616 e. The third kappa shape index (κ3) is 6.41. The molecule has 13 aromatic carbocycles. The second-order valence-corrected chi connectivity index (χ2v) is 22.0. The molecule has 15 rings (SSSR count). The van der Waals surface area contributed by atoms with Gasteiger partial charge >= 0.3 is 0 Å². The van der Waals surface area contributed by atoms with Gasteiger partial charge in [0.1, 0.15) is 0 Å². The second-order valence-electron chi connectivity index (χ2n) is 22.0. The van der Waals surface area contributed by atoms with Gasteiger partial charge in [0.2, 0.25) is 0 Å². The van der Waals surface area contributed by atoms with Gasteiger partial charge in [0.15, 0.2) is 0 Å². The summed E-state index contributed by atoms with van der Waals surface area (Å²) in [4.78, 5) is 0. The minimum atomic E-state index is -0.151. The zero-order valence-electron chi connectivity index (χ0n) is 42.1. The van der Waals surface area contributed by atoms with Gasteiger partial charge in [-0.3, -0.25) is 0 Å². The number of fused-ring (bicyclic) bond motifs is 7. The first-order chi connectivity index (χ1) is 36.2. The predicted octanol–water partition coefficient (Wildman–Crippen LogP) is 20.4. The quantitative estimate of drug-likeness (QED) is 0.146. The van der Waals surface area contributed by atoms with Gasteiger partial charge in [-0.2, -0.15) is 0 Å². The summed E-state index contributed by atoms with van der Waals surface area (Å²) >= 11 is 0. The summed E-state index contributed by atoms with van der Waals surface area (Å²) in [5.41, 5.74) is 25.6. The standard InChI is InChI=1S/C74H52/c1-73(2)67-41-55(47-17-15-45(16-18-47)46-19-23-50(24-20-46)60-14-8-10-49-9-5-6-13-59(49)60)31-36-62(67)64-38-33-57(43-69(64)73)58-34-39-65-63-37-32-56(42-68(63)74(3,4)70(65)44-58)48-21-25-51(26-22-48)61-35-29-54-28-27-52-11-7-12-53-30-40-66(61)72(54)71(52)53/h5-44H,1-4H3. The van der Waals surface area contributed by atoms with E-state index in [4.69, 9.17) is 0 Å². The van der Waals surface area contributed by atoms with Crippen LogP contribution in [0.3, 0.4) is 0 Å². The van der Waals surface area contributed by atoms with Crippen LogP contribution in [0.4, 0.5) is 0 Å².